The van der Waals surface area contributed by atoms with E-state index in [9.17, 15) is 15.3 Å². The Balaban J connectivity index is 3.29. The van der Waals surface area contributed by atoms with Crippen LogP contribution >= 0.6 is 0 Å². The van der Waals surface area contributed by atoms with E-state index in [-0.39, 0.29) is 17.2 Å². The van der Waals surface area contributed by atoms with Gasteiger partial charge in [-0.15, -0.1) is 0 Å². The van der Waals surface area contributed by atoms with Crippen LogP contribution in [0.25, 0.3) is 23.9 Å². The lowest BCUT2D eigenvalue weighted by atomic mass is 9.97. The average Bonchev–Trinajstić information content (AvgIpc) is 2.28. The van der Waals surface area contributed by atoms with Gasteiger partial charge in [0.15, 0.2) is 0 Å². The molecule has 2 aromatic rings. The zero-order valence-electron chi connectivity index (χ0n) is 9.83. The number of phenolic OH excluding ortho intramolecular Hbond substituents is 3. The summed E-state index contributed by atoms with van der Waals surface area (Å²) < 4.78 is 0. The molecule has 0 aliphatic carbocycles. The first-order valence-electron chi connectivity index (χ1n) is 5.21. The van der Waals surface area contributed by atoms with Gasteiger partial charge in [0.1, 0.15) is 17.2 Å². The summed E-state index contributed by atoms with van der Waals surface area (Å²) in [6, 6.07) is 1.43. The molecule has 0 bridgehead atoms. The van der Waals surface area contributed by atoms with Crippen LogP contribution < -0.4 is 10.4 Å². The highest BCUT2D eigenvalue weighted by Crippen LogP contribution is 2.35. The molecule has 0 radical (unpaired) electrons. The Morgan fingerprint density at radius 3 is 1.88 bits per heavy atom. The number of aromatic hydroxyl groups is 3. The summed E-state index contributed by atoms with van der Waals surface area (Å²) in [5.41, 5.74) is 1.18. The third-order valence-corrected chi connectivity index (χ3v) is 3.24. The lowest BCUT2D eigenvalue weighted by Crippen LogP contribution is -2.11. The van der Waals surface area contributed by atoms with Crippen LogP contribution in [0, 0.1) is 13.8 Å². The van der Waals surface area contributed by atoms with Crippen molar-refractivity contribution < 1.29 is 15.3 Å². The van der Waals surface area contributed by atoms with Gasteiger partial charge in [0.2, 0.25) is 0 Å². The highest BCUT2D eigenvalue weighted by atomic mass is 16.3. The molecule has 3 nitrogen and oxygen atoms in total. The molecule has 0 fully saturated rings. The predicted octanol–water partition coefficient (Wildman–Crippen LogP) is 1.39. The molecular weight excluding hydrogens is 216 g/mol. The molecule has 0 atom stereocenters. The summed E-state index contributed by atoms with van der Waals surface area (Å²) in [6.45, 7) is 10.9. The van der Waals surface area contributed by atoms with Crippen molar-refractivity contribution in [1.82, 2.24) is 0 Å². The molecule has 0 aliphatic heterocycles. The zero-order chi connectivity index (χ0) is 12.9. The minimum Gasteiger partial charge on any atom is -0.507 e. The van der Waals surface area contributed by atoms with Gasteiger partial charge in [-0.05, 0) is 36.3 Å². The van der Waals surface area contributed by atoms with Gasteiger partial charge in [-0.1, -0.05) is 13.2 Å². The normalized spacial score (nSPS) is 10.9. The quantitative estimate of drug-likeness (QED) is 0.599. The number of phenols is 3. The molecule has 0 amide bonds. The van der Waals surface area contributed by atoms with Crippen molar-refractivity contribution in [2.24, 2.45) is 0 Å². The molecule has 0 aliphatic rings. The van der Waals surface area contributed by atoms with Gasteiger partial charge in [-0.3, -0.25) is 0 Å². The molecule has 0 saturated carbocycles. The fourth-order valence-corrected chi connectivity index (χ4v) is 2.03. The highest BCUT2D eigenvalue weighted by Gasteiger charge is 2.15. The molecule has 0 heterocycles. The Labute approximate surface area is 98.6 Å². The van der Waals surface area contributed by atoms with Gasteiger partial charge < -0.3 is 15.3 Å². The topological polar surface area (TPSA) is 60.7 Å². The fraction of sp³-hybridized carbons (Fsp3) is 0.143. The average molecular weight is 230 g/mol. The fourth-order valence-electron chi connectivity index (χ4n) is 2.03. The predicted molar refractivity (Wildman–Crippen MR) is 68.7 cm³/mol. The van der Waals surface area contributed by atoms with Crippen LogP contribution in [0.1, 0.15) is 11.1 Å². The van der Waals surface area contributed by atoms with E-state index in [0.29, 0.717) is 32.3 Å². The van der Waals surface area contributed by atoms with E-state index in [1.165, 1.54) is 6.07 Å². The SMILES string of the molecule is C=c1cc(O)c(=C)c2c(O)c(C)c(C)c(O)c12. The number of fused-ring (bicyclic) bond motifs is 1. The summed E-state index contributed by atoms with van der Waals surface area (Å²) in [5, 5.41) is 31.4. The second-order valence-corrected chi connectivity index (χ2v) is 4.23. The van der Waals surface area contributed by atoms with E-state index < -0.39 is 0 Å². The first-order chi connectivity index (χ1) is 7.86. The highest BCUT2D eigenvalue weighted by molar-refractivity contribution is 5.97. The minimum absolute atomic E-state index is 0.0288. The first kappa shape index (κ1) is 11.3. The standard InChI is InChI=1S/C14H14O3/c1-6-5-10(15)9(4)12-11(6)13(16)7(2)8(3)14(12)17/h5,15-17H,1,4H2,2-3H3. The van der Waals surface area contributed by atoms with Gasteiger partial charge >= 0.3 is 0 Å². The van der Waals surface area contributed by atoms with Crippen molar-refractivity contribution in [3.63, 3.8) is 0 Å². The van der Waals surface area contributed by atoms with Crippen molar-refractivity contribution in [2.45, 2.75) is 13.8 Å². The number of benzene rings is 2. The van der Waals surface area contributed by atoms with Crippen LogP contribution in [0.2, 0.25) is 0 Å². The second-order valence-electron chi connectivity index (χ2n) is 4.23. The Hall–Kier alpha value is -2.16. The monoisotopic (exact) mass is 230 g/mol. The van der Waals surface area contributed by atoms with Crippen LogP contribution in [0.5, 0.6) is 17.2 Å². The third kappa shape index (κ3) is 1.35. The molecule has 17 heavy (non-hydrogen) atoms. The maximum atomic E-state index is 10.1. The molecule has 2 aromatic carbocycles. The minimum atomic E-state index is -0.0412. The van der Waals surface area contributed by atoms with Gasteiger partial charge in [-0.2, -0.15) is 0 Å². The molecule has 2 rings (SSSR count). The van der Waals surface area contributed by atoms with E-state index >= 15 is 0 Å². The summed E-state index contributed by atoms with van der Waals surface area (Å²) in [4.78, 5) is 0. The molecule has 3 heteroatoms. The van der Waals surface area contributed by atoms with Crippen molar-refractivity contribution >= 4 is 23.9 Å². The Morgan fingerprint density at radius 2 is 1.35 bits per heavy atom. The summed E-state index contributed by atoms with van der Waals surface area (Å²) in [7, 11) is 0. The second kappa shape index (κ2) is 3.42. The van der Waals surface area contributed by atoms with Crippen LogP contribution in [0.3, 0.4) is 0 Å². The van der Waals surface area contributed by atoms with E-state index in [4.69, 9.17) is 0 Å². The van der Waals surface area contributed by atoms with Gasteiger partial charge in [0.05, 0.1) is 0 Å². The van der Waals surface area contributed by atoms with E-state index in [1.54, 1.807) is 13.8 Å². The van der Waals surface area contributed by atoms with Crippen LogP contribution in [-0.2, 0) is 0 Å². The molecule has 0 spiro atoms. The van der Waals surface area contributed by atoms with Crippen LogP contribution in [-0.4, -0.2) is 15.3 Å². The van der Waals surface area contributed by atoms with Crippen molar-refractivity contribution in [3.8, 4) is 17.2 Å². The van der Waals surface area contributed by atoms with Crippen LogP contribution in [0.15, 0.2) is 6.07 Å². The Kier molecular flexibility index (Phi) is 2.28. The summed E-state index contributed by atoms with van der Waals surface area (Å²) >= 11 is 0. The molecule has 0 aromatic heterocycles. The van der Waals surface area contributed by atoms with E-state index in [0.717, 1.165) is 0 Å². The molecular formula is C14H14O3. The lowest BCUT2D eigenvalue weighted by molar-refractivity contribution is 0.458. The maximum absolute atomic E-state index is 10.1. The number of hydrogen-bond acceptors (Lipinski definition) is 3. The molecule has 88 valence electrons. The van der Waals surface area contributed by atoms with Crippen molar-refractivity contribution in [1.29, 1.82) is 0 Å². The van der Waals surface area contributed by atoms with Crippen molar-refractivity contribution in [3.05, 3.63) is 27.6 Å². The van der Waals surface area contributed by atoms with E-state index in [1.807, 2.05) is 0 Å². The number of hydrogen-bond donors (Lipinski definition) is 3. The summed E-state index contributed by atoms with van der Waals surface area (Å²) in [6.07, 6.45) is 0. The first-order valence-corrected chi connectivity index (χ1v) is 5.21. The van der Waals surface area contributed by atoms with Crippen molar-refractivity contribution in [2.75, 3.05) is 0 Å². The van der Waals surface area contributed by atoms with E-state index in [2.05, 4.69) is 13.2 Å². The third-order valence-electron chi connectivity index (χ3n) is 3.24. The zero-order valence-corrected chi connectivity index (χ0v) is 9.83. The van der Waals surface area contributed by atoms with Gasteiger partial charge in [0, 0.05) is 16.0 Å². The largest absolute Gasteiger partial charge is 0.507 e. The van der Waals surface area contributed by atoms with Gasteiger partial charge in [-0.25, -0.2) is 0 Å². The summed E-state index contributed by atoms with van der Waals surface area (Å²) in [5.74, 6) is 0.0618. The smallest absolute Gasteiger partial charge is 0.127 e. The molecule has 0 unspecified atom stereocenters. The Bertz CT molecular complexity index is 730. The lowest BCUT2D eigenvalue weighted by Gasteiger charge is -2.12. The molecule has 0 saturated heterocycles. The number of rotatable bonds is 0. The maximum Gasteiger partial charge on any atom is 0.127 e. The Morgan fingerprint density at radius 1 is 0.882 bits per heavy atom. The molecule has 3 N–H and O–H groups in total. The van der Waals surface area contributed by atoms with Crippen LogP contribution in [0.4, 0.5) is 0 Å². The van der Waals surface area contributed by atoms with Gasteiger partial charge in [0.25, 0.3) is 0 Å².